The zero-order chi connectivity index (χ0) is 16.2. The van der Waals surface area contributed by atoms with Crippen LogP contribution in [0.5, 0.6) is 5.75 Å². The Labute approximate surface area is 133 Å². The molecule has 0 aromatic carbocycles. The van der Waals surface area contributed by atoms with Gasteiger partial charge in [0.1, 0.15) is 5.75 Å². The lowest BCUT2D eigenvalue weighted by molar-refractivity contribution is 0.0951. The van der Waals surface area contributed by atoms with E-state index in [0.29, 0.717) is 6.54 Å². The molecule has 0 aliphatic heterocycles. The molecule has 2 N–H and O–H groups in total. The second-order valence-electron chi connectivity index (χ2n) is 5.57. The molecule has 2 heterocycles. The molecule has 2 aromatic rings. The molecule has 120 valence electrons. The smallest absolute Gasteiger partial charge is 0.267 e. The van der Waals surface area contributed by atoms with E-state index >= 15 is 0 Å². The Balaban J connectivity index is 1.62. The summed E-state index contributed by atoms with van der Waals surface area (Å²) >= 11 is 0. The molecule has 1 aliphatic rings. The van der Waals surface area contributed by atoms with Crippen molar-refractivity contribution in [3.8, 4) is 5.75 Å². The second kappa shape index (κ2) is 6.60. The van der Waals surface area contributed by atoms with Gasteiger partial charge in [-0.25, -0.2) is 4.68 Å². The number of fused-ring (bicyclic) bond motifs is 1. The minimum atomic E-state index is -0.348. The molecule has 1 aliphatic carbocycles. The third-order valence-corrected chi connectivity index (χ3v) is 3.87. The number of hydrogen-bond donors (Lipinski definition) is 2. The first-order valence-electron chi connectivity index (χ1n) is 7.65. The maximum absolute atomic E-state index is 12.0. The molecule has 0 radical (unpaired) electrons. The summed E-state index contributed by atoms with van der Waals surface area (Å²) in [6, 6.07) is 2.99. The van der Waals surface area contributed by atoms with Gasteiger partial charge in [-0.2, -0.15) is 5.10 Å². The fourth-order valence-electron chi connectivity index (χ4n) is 2.69. The highest BCUT2D eigenvalue weighted by Gasteiger charge is 2.13. The number of rotatable bonds is 4. The molecule has 23 heavy (non-hydrogen) atoms. The van der Waals surface area contributed by atoms with Crippen molar-refractivity contribution in [2.45, 2.75) is 32.2 Å². The Hall–Kier alpha value is -2.70. The second-order valence-corrected chi connectivity index (χ2v) is 5.57. The molecule has 0 saturated heterocycles. The van der Waals surface area contributed by atoms with Crippen molar-refractivity contribution < 1.29 is 9.90 Å². The largest absolute Gasteiger partial charge is 0.506 e. The average molecular weight is 314 g/mol. The molecule has 0 spiro atoms. The molecule has 0 bridgehead atoms. The van der Waals surface area contributed by atoms with Gasteiger partial charge in [0, 0.05) is 18.8 Å². The van der Waals surface area contributed by atoms with Gasteiger partial charge in [-0.1, -0.05) is 0 Å². The molecule has 3 rings (SSSR count). The van der Waals surface area contributed by atoms with E-state index in [2.05, 4.69) is 15.4 Å². The lowest BCUT2D eigenvalue weighted by Crippen LogP contribution is -2.33. The molecule has 7 nitrogen and oxygen atoms in total. The first kappa shape index (κ1) is 15.2. The summed E-state index contributed by atoms with van der Waals surface area (Å²) in [7, 11) is 0. The number of aromatic hydroxyl groups is 1. The highest BCUT2D eigenvalue weighted by Crippen LogP contribution is 2.16. The summed E-state index contributed by atoms with van der Waals surface area (Å²) in [6.45, 7) is 0.588. The lowest BCUT2D eigenvalue weighted by atomic mass is 9.97. The maximum Gasteiger partial charge on any atom is 0.267 e. The fourth-order valence-corrected chi connectivity index (χ4v) is 2.69. The molecule has 0 saturated carbocycles. The summed E-state index contributed by atoms with van der Waals surface area (Å²) in [5.74, 6) is -0.412. The van der Waals surface area contributed by atoms with Crippen LogP contribution in [-0.2, 0) is 19.4 Å². The third-order valence-electron chi connectivity index (χ3n) is 3.87. The first-order chi connectivity index (χ1) is 11.1. The van der Waals surface area contributed by atoms with Gasteiger partial charge >= 0.3 is 0 Å². The van der Waals surface area contributed by atoms with Crippen molar-refractivity contribution in [2.75, 3.05) is 6.54 Å². The van der Waals surface area contributed by atoms with Crippen LogP contribution in [0, 0.1) is 0 Å². The van der Waals surface area contributed by atoms with Crippen molar-refractivity contribution in [2.24, 2.45) is 0 Å². The summed E-state index contributed by atoms with van der Waals surface area (Å²) in [5.41, 5.74) is 2.17. The molecule has 1 amide bonds. The minimum Gasteiger partial charge on any atom is -0.506 e. The van der Waals surface area contributed by atoms with Crippen LogP contribution in [0.15, 0.2) is 29.3 Å². The summed E-state index contributed by atoms with van der Waals surface area (Å²) < 4.78 is 1.39. The number of nitrogens with one attached hydrogen (secondary N) is 1. The Morgan fingerprint density at radius 1 is 1.26 bits per heavy atom. The van der Waals surface area contributed by atoms with Crippen molar-refractivity contribution in [3.63, 3.8) is 0 Å². The number of aromatic nitrogens is 3. The van der Waals surface area contributed by atoms with E-state index in [1.807, 2.05) is 0 Å². The Bertz CT molecular complexity index is 785. The van der Waals surface area contributed by atoms with E-state index in [-0.39, 0.29) is 29.3 Å². The van der Waals surface area contributed by atoms with E-state index in [4.69, 9.17) is 0 Å². The van der Waals surface area contributed by atoms with Crippen LogP contribution in [0.4, 0.5) is 0 Å². The van der Waals surface area contributed by atoms with Crippen LogP contribution in [-0.4, -0.2) is 32.3 Å². The van der Waals surface area contributed by atoms with E-state index < -0.39 is 0 Å². The number of aryl methyl sites for hydroxylation is 2. The molecule has 7 heteroatoms. The van der Waals surface area contributed by atoms with Gasteiger partial charge in [0.15, 0.2) is 0 Å². The van der Waals surface area contributed by atoms with E-state index in [0.717, 1.165) is 36.9 Å². The number of hydrogen-bond acceptors (Lipinski definition) is 5. The van der Waals surface area contributed by atoms with Gasteiger partial charge in [0.25, 0.3) is 11.5 Å². The molecule has 0 unspecified atom stereocenters. The van der Waals surface area contributed by atoms with Gasteiger partial charge in [0.2, 0.25) is 0 Å². The van der Waals surface area contributed by atoms with Crippen LogP contribution in [0.3, 0.4) is 0 Å². The van der Waals surface area contributed by atoms with Gasteiger partial charge in [0.05, 0.1) is 24.0 Å². The summed E-state index contributed by atoms with van der Waals surface area (Å²) in [5, 5.41) is 16.4. The van der Waals surface area contributed by atoms with Gasteiger partial charge in [-0.05, 0) is 37.3 Å². The molecule has 0 atom stereocenters. The van der Waals surface area contributed by atoms with Gasteiger partial charge in [-0.15, -0.1) is 0 Å². The standard InChI is InChI=1S/C16H18N4O3/c21-13-7-12(9-17-10-13)16(23)18-5-6-20-15(22)8-11-3-1-2-4-14(11)19-20/h7-10,21H,1-6H2,(H,18,23). The number of carbonyl (C=O) groups is 1. The lowest BCUT2D eigenvalue weighted by Gasteiger charge is -2.16. The number of pyridine rings is 1. The van der Waals surface area contributed by atoms with E-state index in [9.17, 15) is 14.7 Å². The van der Waals surface area contributed by atoms with Crippen LogP contribution in [0.2, 0.25) is 0 Å². The monoisotopic (exact) mass is 314 g/mol. The predicted molar refractivity (Wildman–Crippen MR) is 83.4 cm³/mol. The average Bonchev–Trinajstić information content (AvgIpc) is 2.55. The highest BCUT2D eigenvalue weighted by atomic mass is 16.3. The van der Waals surface area contributed by atoms with Crippen LogP contribution in [0.25, 0.3) is 0 Å². The summed E-state index contributed by atoms with van der Waals surface area (Å²) in [4.78, 5) is 27.7. The topological polar surface area (TPSA) is 97.1 Å². The van der Waals surface area contributed by atoms with Crippen LogP contribution < -0.4 is 10.9 Å². The van der Waals surface area contributed by atoms with Crippen molar-refractivity contribution in [1.29, 1.82) is 0 Å². The zero-order valence-corrected chi connectivity index (χ0v) is 12.7. The third kappa shape index (κ3) is 3.56. The molecular weight excluding hydrogens is 296 g/mol. The molecular formula is C16H18N4O3. The zero-order valence-electron chi connectivity index (χ0n) is 12.7. The highest BCUT2D eigenvalue weighted by molar-refractivity contribution is 5.94. The maximum atomic E-state index is 12.0. The quantitative estimate of drug-likeness (QED) is 0.864. The number of carbonyl (C=O) groups excluding carboxylic acids is 1. The Kier molecular flexibility index (Phi) is 4.36. The van der Waals surface area contributed by atoms with Crippen LogP contribution in [0.1, 0.15) is 34.5 Å². The minimum absolute atomic E-state index is 0.0646. The first-order valence-corrected chi connectivity index (χ1v) is 7.65. The SMILES string of the molecule is O=C(NCCn1nc2c(cc1=O)CCCC2)c1cncc(O)c1. The fraction of sp³-hybridized carbons (Fsp3) is 0.375. The predicted octanol–water partition coefficient (Wildman–Crippen LogP) is 0.653. The molecule has 2 aromatic heterocycles. The van der Waals surface area contributed by atoms with Crippen molar-refractivity contribution in [1.82, 2.24) is 20.1 Å². The van der Waals surface area contributed by atoms with E-state index in [1.54, 1.807) is 6.07 Å². The van der Waals surface area contributed by atoms with Gasteiger partial charge in [-0.3, -0.25) is 14.6 Å². The Morgan fingerprint density at radius 2 is 2.09 bits per heavy atom. The Morgan fingerprint density at radius 3 is 2.91 bits per heavy atom. The normalized spacial score (nSPS) is 13.4. The van der Waals surface area contributed by atoms with Crippen LogP contribution >= 0.6 is 0 Å². The summed E-state index contributed by atoms with van der Waals surface area (Å²) in [6.07, 6.45) is 6.65. The number of amides is 1. The van der Waals surface area contributed by atoms with Gasteiger partial charge < -0.3 is 10.4 Å². The molecule has 0 fully saturated rings. The van der Waals surface area contributed by atoms with Crippen molar-refractivity contribution >= 4 is 5.91 Å². The number of nitrogens with zero attached hydrogens (tertiary/aromatic N) is 3. The van der Waals surface area contributed by atoms with Crippen molar-refractivity contribution in [3.05, 3.63) is 51.7 Å². The van der Waals surface area contributed by atoms with E-state index in [1.165, 1.54) is 23.1 Å².